The van der Waals surface area contributed by atoms with Gasteiger partial charge in [-0.05, 0) is 52.3 Å². The summed E-state index contributed by atoms with van der Waals surface area (Å²) in [6, 6.07) is 21.3. The van der Waals surface area contributed by atoms with Gasteiger partial charge in [-0.2, -0.15) is 0 Å². The van der Waals surface area contributed by atoms with Crippen LogP contribution in [0.2, 0.25) is 0 Å². The summed E-state index contributed by atoms with van der Waals surface area (Å²) >= 11 is 6.53. The van der Waals surface area contributed by atoms with Gasteiger partial charge in [-0.1, -0.05) is 48.2 Å². The number of hydrogen-bond acceptors (Lipinski definition) is 5. The zero-order chi connectivity index (χ0) is 20.1. The number of nitrogens with zero attached hydrogens (tertiary/aromatic N) is 2. The fourth-order valence-electron chi connectivity index (χ4n) is 2.75. The predicted molar refractivity (Wildman–Crippen MR) is 126 cm³/mol. The van der Waals surface area contributed by atoms with Crippen molar-refractivity contribution in [1.29, 1.82) is 0 Å². The number of hydrogen-bond donors (Lipinski definition) is 0. The van der Waals surface area contributed by atoms with Gasteiger partial charge in [0, 0.05) is 20.5 Å². The summed E-state index contributed by atoms with van der Waals surface area (Å²) in [6.45, 7) is 0.529. The summed E-state index contributed by atoms with van der Waals surface area (Å²) in [7, 11) is 0. The first-order valence-electron chi connectivity index (χ1n) is 8.95. The molecular weight excluding hydrogens is 468 g/mol. The Morgan fingerprint density at radius 2 is 1.83 bits per heavy atom. The molecule has 0 spiro atoms. The number of aliphatic imine (C=N–C) groups is 1. The van der Waals surface area contributed by atoms with E-state index in [0.717, 1.165) is 20.8 Å². The van der Waals surface area contributed by atoms with Crippen molar-refractivity contribution in [2.75, 3.05) is 17.3 Å². The maximum absolute atomic E-state index is 13.1. The van der Waals surface area contributed by atoms with Gasteiger partial charge in [-0.3, -0.25) is 9.69 Å². The third-order valence-corrected chi connectivity index (χ3v) is 6.58. The number of rotatable bonds is 6. The first-order valence-corrected chi connectivity index (χ1v) is 11.6. The fourth-order valence-corrected chi connectivity index (χ4v) is 4.95. The number of halogens is 1. The molecule has 0 bridgehead atoms. The summed E-state index contributed by atoms with van der Waals surface area (Å²) in [5, 5.41) is 2.65. The van der Waals surface area contributed by atoms with E-state index in [4.69, 9.17) is 4.74 Å². The monoisotopic (exact) mass is 484 g/mol. The second-order valence-electron chi connectivity index (χ2n) is 6.08. The molecule has 29 heavy (non-hydrogen) atoms. The highest BCUT2D eigenvalue weighted by atomic mass is 79.9. The first kappa shape index (κ1) is 19.9. The molecule has 146 valence electrons. The van der Waals surface area contributed by atoms with Crippen LogP contribution in [-0.4, -0.2) is 23.4 Å². The minimum Gasteiger partial charge on any atom is -0.493 e. The highest BCUT2D eigenvalue weighted by molar-refractivity contribution is 9.10. The lowest BCUT2D eigenvalue weighted by Crippen LogP contribution is -2.30. The molecule has 0 saturated heterocycles. The van der Waals surface area contributed by atoms with Crippen molar-refractivity contribution in [2.45, 2.75) is 0 Å². The molecule has 0 fully saturated rings. The minimum absolute atomic E-state index is 0.118. The highest BCUT2D eigenvalue weighted by Crippen LogP contribution is 2.30. The van der Waals surface area contributed by atoms with Crippen LogP contribution in [0.25, 0.3) is 6.08 Å². The Bertz CT molecular complexity index is 1050. The average molecular weight is 485 g/mol. The SMILES string of the molecule is O=C1/C(=C\c2cc(Br)cs2)N=C(SCCOc2ccccc2)N1c1ccccc1. The zero-order valence-corrected chi connectivity index (χ0v) is 18.5. The molecule has 0 aliphatic carbocycles. The van der Waals surface area contributed by atoms with Crippen LogP contribution in [0.1, 0.15) is 4.88 Å². The third-order valence-electron chi connectivity index (χ3n) is 4.04. The van der Waals surface area contributed by atoms with Crippen molar-refractivity contribution >= 4 is 61.9 Å². The van der Waals surface area contributed by atoms with Crippen molar-refractivity contribution in [2.24, 2.45) is 4.99 Å². The van der Waals surface area contributed by atoms with Crippen molar-refractivity contribution in [3.05, 3.63) is 87.2 Å². The molecule has 0 saturated carbocycles. The number of para-hydroxylation sites is 2. The summed E-state index contributed by atoms with van der Waals surface area (Å²) < 4.78 is 6.76. The molecule has 4 rings (SSSR count). The summed E-state index contributed by atoms with van der Waals surface area (Å²) in [4.78, 5) is 20.4. The molecule has 0 atom stereocenters. The Hall–Kier alpha value is -2.35. The van der Waals surface area contributed by atoms with Crippen molar-refractivity contribution < 1.29 is 9.53 Å². The highest BCUT2D eigenvalue weighted by Gasteiger charge is 2.31. The predicted octanol–water partition coefficient (Wildman–Crippen LogP) is 6.07. The molecule has 7 heteroatoms. The van der Waals surface area contributed by atoms with Crippen molar-refractivity contribution in [3.8, 4) is 5.75 Å². The van der Waals surface area contributed by atoms with Crippen LogP contribution >= 0.6 is 39.0 Å². The van der Waals surface area contributed by atoms with Crippen molar-refractivity contribution in [1.82, 2.24) is 0 Å². The number of ether oxygens (including phenoxy) is 1. The fraction of sp³-hybridized carbons (Fsp3) is 0.0909. The van der Waals surface area contributed by atoms with Gasteiger partial charge in [0.15, 0.2) is 5.17 Å². The van der Waals surface area contributed by atoms with Gasteiger partial charge < -0.3 is 4.74 Å². The summed E-state index contributed by atoms with van der Waals surface area (Å²) in [5.41, 5.74) is 1.25. The van der Waals surface area contributed by atoms with E-state index in [2.05, 4.69) is 20.9 Å². The van der Waals surface area contributed by atoms with E-state index in [0.29, 0.717) is 23.2 Å². The molecule has 2 aromatic carbocycles. The number of benzene rings is 2. The molecular formula is C22H17BrN2O2S2. The summed E-state index contributed by atoms with van der Waals surface area (Å²) in [6.07, 6.45) is 1.84. The van der Waals surface area contributed by atoms with E-state index >= 15 is 0 Å². The van der Waals surface area contributed by atoms with E-state index in [1.54, 1.807) is 16.2 Å². The van der Waals surface area contributed by atoms with E-state index in [9.17, 15) is 4.79 Å². The van der Waals surface area contributed by atoms with Crippen LogP contribution in [0.15, 0.2) is 87.3 Å². The molecule has 4 nitrogen and oxygen atoms in total. The Labute approximate surface area is 186 Å². The molecule has 1 amide bonds. The molecule has 0 N–H and O–H groups in total. The standard InChI is InChI=1S/C22H17BrN2O2S2/c23-16-13-19(29-15-16)14-20-21(26)25(17-7-3-1-4-8-17)22(24-20)28-12-11-27-18-9-5-2-6-10-18/h1-10,13-15H,11-12H2/b20-14+. The Morgan fingerprint density at radius 1 is 1.10 bits per heavy atom. The second-order valence-corrected chi connectivity index (χ2v) is 9.00. The molecule has 0 unspecified atom stereocenters. The lowest BCUT2D eigenvalue weighted by atomic mass is 10.3. The van der Waals surface area contributed by atoms with Crippen LogP contribution in [0.3, 0.4) is 0 Å². The second kappa shape index (κ2) is 9.43. The number of thioether (sulfide) groups is 1. The number of amidine groups is 1. The van der Waals surface area contributed by atoms with Crippen LogP contribution in [0, 0.1) is 0 Å². The Balaban J connectivity index is 1.51. The summed E-state index contributed by atoms with van der Waals surface area (Å²) in [5.74, 6) is 1.40. The van der Waals surface area contributed by atoms with Gasteiger partial charge in [0.1, 0.15) is 11.4 Å². The van der Waals surface area contributed by atoms with Crippen LogP contribution < -0.4 is 9.64 Å². The quantitative estimate of drug-likeness (QED) is 0.315. The van der Waals surface area contributed by atoms with E-state index in [1.807, 2.05) is 78.2 Å². The number of carbonyl (C=O) groups excluding carboxylic acids is 1. The number of anilines is 1. The van der Waals surface area contributed by atoms with Gasteiger partial charge in [-0.15, -0.1) is 11.3 Å². The average Bonchev–Trinajstić information content (AvgIpc) is 3.29. The lowest BCUT2D eigenvalue weighted by molar-refractivity contribution is -0.113. The maximum Gasteiger partial charge on any atom is 0.283 e. The minimum atomic E-state index is -0.118. The van der Waals surface area contributed by atoms with Gasteiger partial charge in [0.2, 0.25) is 0 Å². The Morgan fingerprint density at radius 3 is 2.52 bits per heavy atom. The van der Waals surface area contributed by atoms with Gasteiger partial charge in [-0.25, -0.2) is 4.99 Å². The molecule has 3 aromatic rings. The lowest BCUT2D eigenvalue weighted by Gasteiger charge is -2.17. The molecule has 0 radical (unpaired) electrons. The van der Waals surface area contributed by atoms with Crippen LogP contribution in [0.4, 0.5) is 5.69 Å². The van der Waals surface area contributed by atoms with Gasteiger partial charge in [0.25, 0.3) is 5.91 Å². The molecule has 1 aliphatic rings. The maximum atomic E-state index is 13.1. The number of carbonyl (C=O) groups is 1. The van der Waals surface area contributed by atoms with E-state index in [-0.39, 0.29) is 5.91 Å². The first-order chi connectivity index (χ1) is 14.2. The number of amides is 1. The Kier molecular flexibility index (Phi) is 6.49. The van der Waals surface area contributed by atoms with Gasteiger partial charge >= 0.3 is 0 Å². The smallest absolute Gasteiger partial charge is 0.283 e. The number of thiophene rings is 1. The topological polar surface area (TPSA) is 41.9 Å². The van der Waals surface area contributed by atoms with E-state index < -0.39 is 0 Å². The van der Waals surface area contributed by atoms with Gasteiger partial charge in [0.05, 0.1) is 12.3 Å². The zero-order valence-electron chi connectivity index (χ0n) is 15.3. The molecule has 2 heterocycles. The van der Waals surface area contributed by atoms with Crippen LogP contribution in [-0.2, 0) is 4.79 Å². The largest absolute Gasteiger partial charge is 0.493 e. The normalized spacial score (nSPS) is 15.1. The van der Waals surface area contributed by atoms with E-state index in [1.165, 1.54) is 11.8 Å². The molecule has 1 aromatic heterocycles. The van der Waals surface area contributed by atoms with Crippen LogP contribution in [0.5, 0.6) is 5.75 Å². The third kappa shape index (κ3) is 4.98. The molecule has 1 aliphatic heterocycles. The van der Waals surface area contributed by atoms with Crippen molar-refractivity contribution in [3.63, 3.8) is 0 Å².